The number of hydrogen-bond acceptors (Lipinski definition) is 4. The number of fused-ring (bicyclic) bond motifs is 1. The van der Waals surface area contributed by atoms with Gasteiger partial charge in [0.2, 0.25) is 0 Å². The Balaban J connectivity index is 2.62. The van der Waals surface area contributed by atoms with Gasteiger partial charge in [-0.3, -0.25) is 9.59 Å². The molecule has 0 saturated carbocycles. The summed E-state index contributed by atoms with van der Waals surface area (Å²) in [4.78, 5) is 22.0. The Morgan fingerprint density at radius 1 is 1.64 bits per heavy atom. The van der Waals surface area contributed by atoms with Crippen LogP contribution in [0.4, 0.5) is 0 Å². The summed E-state index contributed by atoms with van der Waals surface area (Å²) in [6.45, 7) is -0.396. The quantitative estimate of drug-likeness (QED) is 0.785. The molecule has 2 aromatic heterocycles. The molecule has 0 fully saturated rings. The number of carbonyl (C=O) groups is 1. The van der Waals surface area contributed by atoms with Crippen LogP contribution >= 0.6 is 11.3 Å². The van der Waals surface area contributed by atoms with Gasteiger partial charge < -0.3 is 5.11 Å². The van der Waals surface area contributed by atoms with Crippen LogP contribution in [0.1, 0.15) is 0 Å². The summed E-state index contributed by atoms with van der Waals surface area (Å²) in [5.74, 6) is -1.07. The van der Waals surface area contributed by atoms with Crippen molar-refractivity contribution in [1.82, 2.24) is 9.78 Å². The lowest BCUT2D eigenvalue weighted by Crippen LogP contribution is -2.25. The average molecular weight is 210 g/mol. The molecule has 0 atom stereocenters. The summed E-state index contributed by atoms with van der Waals surface area (Å²) in [5.41, 5.74) is -0.347. The molecule has 14 heavy (non-hydrogen) atoms. The monoisotopic (exact) mass is 210 g/mol. The van der Waals surface area contributed by atoms with E-state index in [0.29, 0.717) is 4.70 Å². The first-order chi connectivity index (χ1) is 6.68. The van der Waals surface area contributed by atoms with Crippen LogP contribution in [0.2, 0.25) is 0 Å². The van der Waals surface area contributed by atoms with E-state index in [1.165, 1.54) is 17.5 Å². The zero-order valence-electron chi connectivity index (χ0n) is 7.01. The molecule has 0 radical (unpaired) electrons. The van der Waals surface area contributed by atoms with Crippen LogP contribution < -0.4 is 5.56 Å². The van der Waals surface area contributed by atoms with Gasteiger partial charge in [0, 0.05) is 5.39 Å². The van der Waals surface area contributed by atoms with Gasteiger partial charge in [0.1, 0.15) is 11.2 Å². The molecule has 2 aromatic rings. The highest BCUT2D eigenvalue weighted by molar-refractivity contribution is 7.17. The standard InChI is InChI=1S/C8H6N2O3S/c11-6(12)4-10-8(13)7-5(3-9-10)1-2-14-7/h1-3H,4H2,(H,11,12). The number of aromatic nitrogens is 2. The Kier molecular flexibility index (Phi) is 2.05. The van der Waals surface area contributed by atoms with Crippen molar-refractivity contribution in [3.05, 3.63) is 28.0 Å². The summed E-state index contributed by atoms with van der Waals surface area (Å²) >= 11 is 1.29. The van der Waals surface area contributed by atoms with Crippen molar-refractivity contribution in [1.29, 1.82) is 0 Å². The molecule has 6 heteroatoms. The lowest BCUT2D eigenvalue weighted by atomic mass is 10.4. The van der Waals surface area contributed by atoms with Gasteiger partial charge in [-0.15, -0.1) is 11.3 Å². The number of carboxylic acid groups (broad SMARTS) is 1. The first-order valence-corrected chi connectivity index (χ1v) is 4.71. The summed E-state index contributed by atoms with van der Waals surface area (Å²) < 4.78 is 1.49. The molecule has 1 N–H and O–H groups in total. The van der Waals surface area contributed by atoms with E-state index in [2.05, 4.69) is 5.10 Å². The summed E-state index contributed by atoms with van der Waals surface area (Å²) in [6, 6.07) is 1.78. The maximum atomic E-state index is 11.6. The van der Waals surface area contributed by atoms with E-state index >= 15 is 0 Å². The Morgan fingerprint density at radius 2 is 2.43 bits per heavy atom. The van der Waals surface area contributed by atoms with E-state index in [-0.39, 0.29) is 5.56 Å². The predicted octanol–water partition coefficient (Wildman–Crippen LogP) is 0.543. The number of hydrogen-bond donors (Lipinski definition) is 1. The Hall–Kier alpha value is -1.69. The summed E-state index contributed by atoms with van der Waals surface area (Å²) in [7, 11) is 0. The van der Waals surface area contributed by atoms with Gasteiger partial charge in [0.15, 0.2) is 0 Å². The van der Waals surface area contributed by atoms with Crippen LogP contribution in [0.15, 0.2) is 22.4 Å². The third-order valence-corrected chi connectivity index (χ3v) is 2.66. The second-order valence-corrected chi connectivity index (χ2v) is 3.62. The van der Waals surface area contributed by atoms with Crippen LogP contribution in [0.3, 0.4) is 0 Å². The third-order valence-electron chi connectivity index (χ3n) is 1.75. The van der Waals surface area contributed by atoms with Crippen molar-refractivity contribution in [2.24, 2.45) is 0 Å². The second-order valence-electron chi connectivity index (χ2n) is 2.71. The number of thiophene rings is 1. The van der Waals surface area contributed by atoms with Gasteiger partial charge in [-0.25, -0.2) is 4.68 Å². The highest BCUT2D eigenvalue weighted by atomic mass is 32.1. The van der Waals surface area contributed by atoms with Crippen LogP contribution in [-0.4, -0.2) is 20.9 Å². The Morgan fingerprint density at radius 3 is 3.14 bits per heavy atom. The molecular weight excluding hydrogens is 204 g/mol. The lowest BCUT2D eigenvalue weighted by molar-refractivity contribution is -0.137. The van der Waals surface area contributed by atoms with Crippen molar-refractivity contribution in [3.8, 4) is 0 Å². The minimum absolute atomic E-state index is 0.347. The van der Waals surface area contributed by atoms with Crippen molar-refractivity contribution in [2.45, 2.75) is 6.54 Å². The van der Waals surface area contributed by atoms with Crippen LogP contribution in [0.5, 0.6) is 0 Å². The van der Waals surface area contributed by atoms with Gasteiger partial charge in [-0.1, -0.05) is 0 Å². The summed E-state index contributed by atoms with van der Waals surface area (Å²) in [6.07, 6.45) is 1.50. The normalized spacial score (nSPS) is 10.6. The molecule has 0 saturated heterocycles. The molecular formula is C8H6N2O3S. The minimum atomic E-state index is -1.07. The molecule has 0 aliphatic rings. The SMILES string of the molecule is O=C(O)Cn1ncc2ccsc2c1=O. The first-order valence-electron chi connectivity index (χ1n) is 3.83. The maximum Gasteiger partial charge on any atom is 0.325 e. The Bertz CT molecular complexity index is 543. The molecule has 72 valence electrons. The summed E-state index contributed by atoms with van der Waals surface area (Å²) in [5, 5.41) is 14.8. The first kappa shape index (κ1) is 8.89. The maximum absolute atomic E-state index is 11.6. The van der Waals surface area contributed by atoms with Crippen molar-refractivity contribution >= 4 is 27.4 Å². The van der Waals surface area contributed by atoms with E-state index < -0.39 is 12.5 Å². The number of rotatable bonds is 2. The third kappa shape index (κ3) is 1.39. The molecule has 0 spiro atoms. The predicted molar refractivity (Wildman–Crippen MR) is 51.5 cm³/mol. The fourth-order valence-electron chi connectivity index (χ4n) is 1.14. The van der Waals surface area contributed by atoms with E-state index in [9.17, 15) is 9.59 Å². The number of carboxylic acids is 1. The van der Waals surface area contributed by atoms with Gasteiger partial charge in [-0.2, -0.15) is 5.10 Å². The zero-order chi connectivity index (χ0) is 10.1. The fourth-order valence-corrected chi connectivity index (χ4v) is 1.95. The highest BCUT2D eigenvalue weighted by Crippen LogP contribution is 2.14. The second kappa shape index (κ2) is 3.22. The highest BCUT2D eigenvalue weighted by Gasteiger charge is 2.07. The zero-order valence-corrected chi connectivity index (χ0v) is 7.82. The van der Waals surface area contributed by atoms with Crippen LogP contribution in [-0.2, 0) is 11.3 Å². The van der Waals surface area contributed by atoms with Crippen molar-refractivity contribution < 1.29 is 9.90 Å². The largest absolute Gasteiger partial charge is 0.480 e. The van der Waals surface area contributed by atoms with Gasteiger partial charge in [-0.05, 0) is 11.4 Å². The molecule has 0 aliphatic heterocycles. The molecule has 2 heterocycles. The lowest BCUT2D eigenvalue weighted by Gasteiger charge is -1.98. The van der Waals surface area contributed by atoms with Gasteiger partial charge in [0.05, 0.1) is 6.20 Å². The topological polar surface area (TPSA) is 72.2 Å². The Labute approximate surface area is 82.2 Å². The molecule has 0 amide bonds. The van der Waals surface area contributed by atoms with Crippen LogP contribution in [0.25, 0.3) is 10.1 Å². The van der Waals surface area contributed by atoms with Crippen molar-refractivity contribution in [2.75, 3.05) is 0 Å². The smallest absolute Gasteiger partial charge is 0.325 e. The number of nitrogens with zero attached hydrogens (tertiary/aromatic N) is 2. The number of aliphatic carboxylic acids is 1. The molecule has 0 bridgehead atoms. The van der Waals surface area contributed by atoms with E-state index in [1.54, 1.807) is 11.4 Å². The van der Waals surface area contributed by atoms with Crippen LogP contribution in [0, 0.1) is 0 Å². The fraction of sp³-hybridized carbons (Fsp3) is 0.125. The molecule has 5 nitrogen and oxygen atoms in total. The molecule has 0 aromatic carbocycles. The van der Waals surface area contributed by atoms with Gasteiger partial charge >= 0.3 is 5.97 Å². The van der Waals surface area contributed by atoms with E-state index in [1.807, 2.05) is 0 Å². The van der Waals surface area contributed by atoms with Gasteiger partial charge in [0.25, 0.3) is 5.56 Å². The molecule has 0 unspecified atom stereocenters. The van der Waals surface area contributed by atoms with E-state index in [4.69, 9.17) is 5.11 Å². The molecule has 0 aliphatic carbocycles. The minimum Gasteiger partial charge on any atom is -0.480 e. The van der Waals surface area contributed by atoms with E-state index in [0.717, 1.165) is 10.1 Å². The average Bonchev–Trinajstić information content (AvgIpc) is 2.57. The van der Waals surface area contributed by atoms with Crippen molar-refractivity contribution in [3.63, 3.8) is 0 Å². The molecule has 2 rings (SSSR count).